The molecular formula is C17H33BrO4. The summed E-state index contributed by atoms with van der Waals surface area (Å²) >= 11 is 3.58. The van der Waals surface area contributed by atoms with Crippen molar-refractivity contribution in [3.05, 3.63) is 0 Å². The maximum absolute atomic E-state index is 6.12. The highest BCUT2D eigenvalue weighted by atomic mass is 79.9. The zero-order valence-corrected chi connectivity index (χ0v) is 16.0. The number of ether oxygens (including phenoxy) is 4. The van der Waals surface area contributed by atoms with Crippen molar-refractivity contribution in [2.24, 2.45) is 0 Å². The lowest BCUT2D eigenvalue weighted by atomic mass is 10.1. The van der Waals surface area contributed by atoms with Crippen molar-refractivity contribution in [2.75, 3.05) is 26.4 Å². The van der Waals surface area contributed by atoms with Crippen molar-refractivity contribution < 1.29 is 18.9 Å². The molecule has 1 rings (SSSR count). The Morgan fingerprint density at radius 1 is 0.818 bits per heavy atom. The van der Waals surface area contributed by atoms with Crippen LogP contribution in [-0.4, -0.2) is 49.8 Å². The molecule has 3 unspecified atom stereocenters. The van der Waals surface area contributed by atoms with Gasteiger partial charge in [0.1, 0.15) is 23.3 Å². The van der Waals surface area contributed by atoms with E-state index in [9.17, 15) is 0 Å². The van der Waals surface area contributed by atoms with Crippen LogP contribution in [0.25, 0.3) is 0 Å². The molecule has 1 saturated heterocycles. The smallest absolute Gasteiger partial charge is 0.141 e. The van der Waals surface area contributed by atoms with E-state index in [0.717, 1.165) is 58.3 Å². The van der Waals surface area contributed by atoms with Gasteiger partial charge in [-0.2, -0.15) is 0 Å². The van der Waals surface area contributed by atoms with Gasteiger partial charge in [0.05, 0.1) is 6.61 Å². The van der Waals surface area contributed by atoms with Crippen LogP contribution in [-0.2, 0) is 18.9 Å². The molecule has 4 nitrogen and oxygen atoms in total. The normalized spacial score (nSPS) is 28.9. The quantitative estimate of drug-likeness (QED) is 0.373. The molecule has 0 amide bonds. The molecule has 0 N–H and O–H groups in total. The van der Waals surface area contributed by atoms with E-state index < -0.39 is 0 Å². The van der Waals surface area contributed by atoms with Crippen molar-refractivity contribution >= 4 is 15.9 Å². The summed E-state index contributed by atoms with van der Waals surface area (Å²) in [5.74, 6) is 0. The number of alkyl halides is 1. The summed E-state index contributed by atoms with van der Waals surface area (Å²) in [5.41, 5.74) is 0. The second kappa shape index (κ2) is 12.7. The molecule has 1 heterocycles. The van der Waals surface area contributed by atoms with E-state index >= 15 is 0 Å². The van der Waals surface area contributed by atoms with Crippen molar-refractivity contribution in [3.8, 4) is 0 Å². The molecular weight excluding hydrogens is 348 g/mol. The van der Waals surface area contributed by atoms with Gasteiger partial charge >= 0.3 is 0 Å². The summed E-state index contributed by atoms with van der Waals surface area (Å²) in [6, 6.07) is 0. The van der Waals surface area contributed by atoms with E-state index in [4.69, 9.17) is 18.9 Å². The Balaban J connectivity index is 2.59. The van der Waals surface area contributed by atoms with Gasteiger partial charge < -0.3 is 18.9 Å². The van der Waals surface area contributed by atoms with Crippen LogP contribution in [0.15, 0.2) is 0 Å². The molecule has 132 valence electrons. The molecule has 0 saturated carbocycles. The highest BCUT2D eigenvalue weighted by Gasteiger charge is 2.41. The van der Waals surface area contributed by atoms with Crippen LogP contribution in [0.1, 0.15) is 59.3 Å². The Labute approximate surface area is 144 Å². The van der Waals surface area contributed by atoms with E-state index in [0.29, 0.717) is 6.61 Å². The van der Waals surface area contributed by atoms with Gasteiger partial charge in [-0.05, 0) is 19.3 Å². The van der Waals surface area contributed by atoms with Gasteiger partial charge in [-0.3, -0.25) is 0 Å². The van der Waals surface area contributed by atoms with Crippen molar-refractivity contribution in [1.82, 2.24) is 0 Å². The summed E-state index contributed by atoms with van der Waals surface area (Å²) < 4.78 is 23.9. The molecule has 0 bridgehead atoms. The molecule has 22 heavy (non-hydrogen) atoms. The molecule has 0 spiro atoms. The molecule has 4 atom stereocenters. The molecule has 0 aromatic carbocycles. The predicted molar refractivity (Wildman–Crippen MR) is 92.6 cm³/mol. The lowest BCUT2D eigenvalue weighted by Gasteiger charge is -2.40. The summed E-state index contributed by atoms with van der Waals surface area (Å²) in [4.78, 5) is 0. The highest BCUT2D eigenvalue weighted by Crippen LogP contribution is 2.27. The fourth-order valence-electron chi connectivity index (χ4n) is 2.36. The first-order valence-electron chi connectivity index (χ1n) is 8.85. The van der Waals surface area contributed by atoms with Crippen LogP contribution in [0.5, 0.6) is 0 Å². The van der Waals surface area contributed by atoms with Crippen LogP contribution < -0.4 is 0 Å². The van der Waals surface area contributed by atoms with E-state index in [2.05, 4.69) is 36.7 Å². The van der Waals surface area contributed by atoms with Crippen molar-refractivity contribution in [3.63, 3.8) is 0 Å². The average molecular weight is 381 g/mol. The maximum atomic E-state index is 6.12. The molecule has 0 aromatic rings. The fraction of sp³-hybridized carbons (Fsp3) is 1.00. The molecule has 1 aliphatic rings. The van der Waals surface area contributed by atoms with Gasteiger partial charge in [0.15, 0.2) is 0 Å². The van der Waals surface area contributed by atoms with E-state index in [1.165, 1.54) is 0 Å². The lowest BCUT2D eigenvalue weighted by molar-refractivity contribution is -0.210. The maximum Gasteiger partial charge on any atom is 0.141 e. The SMILES string of the molecule is CCCCOC1C(Br)OC[C@@H](OCCCC)C1OCCCC. The zero-order chi connectivity index (χ0) is 16.2. The van der Waals surface area contributed by atoms with Crippen molar-refractivity contribution in [2.45, 2.75) is 82.6 Å². The molecule has 1 fully saturated rings. The minimum Gasteiger partial charge on any atom is -0.373 e. The zero-order valence-electron chi connectivity index (χ0n) is 14.4. The Morgan fingerprint density at radius 2 is 1.32 bits per heavy atom. The third-order valence-corrected chi connectivity index (χ3v) is 4.60. The summed E-state index contributed by atoms with van der Waals surface area (Å²) in [5, 5.41) is -0.123. The van der Waals surface area contributed by atoms with Gasteiger partial charge in [0.25, 0.3) is 0 Å². The Morgan fingerprint density at radius 3 is 1.86 bits per heavy atom. The Kier molecular flexibility index (Phi) is 11.8. The third-order valence-electron chi connectivity index (χ3n) is 3.81. The molecule has 0 aromatic heterocycles. The Bertz CT molecular complexity index is 265. The first-order chi connectivity index (χ1) is 10.7. The minimum atomic E-state index is -0.123. The first kappa shape index (κ1) is 20.4. The first-order valence-corrected chi connectivity index (χ1v) is 9.76. The number of hydrogen-bond acceptors (Lipinski definition) is 4. The van der Waals surface area contributed by atoms with E-state index in [1.807, 2.05) is 0 Å². The molecule has 0 aliphatic carbocycles. The topological polar surface area (TPSA) is 36.9 Å². The number of hydrogen-bond donors (Lipinski definition) is 0. The summed E-state index contributed by atoms with van der Waals surface area (Å²) in [6.45, 7) is 9.31. The second-order valence-electron chi connectivity index (χ2n) is 5.83. The van der Waals surface area contributed by atoms with Crippen LogP contribution in [0.3, 0.4) is 0 Å². The summed E-state index contributed by atoms with van der Waals surface area (Å²) in [6.07, 6.45) is 6.37. The number of halogens is 1. The standard InChI is InChI=1S/C17H33BrO4/c1-4-7-10-19-14-13-22-17(18)16(21-12-9-6-3)15(14)20-11-8-5-2/h14-17H,4-13H2,1-3H3/t14-,15?,16?,17?/m1/s1. The lowest BCUT2D eigenvalue weighted by Crippen LogP contribution is -2.54. The van der Waals surface area contributed by atoms with Crippen molar-refractivity contribution in [1.29, 1.82) is 0 Å². The van der Waals surface area contributed by atoms with Gasteiger partial charge in [-0.15, -0.1) is 0 Å². The van der Waals surface area contributed by atoms with Crippen LogP contribution in [0.2, 0.25) is 0 Å². The molecule has 0 radical (unpaired) electrons. The Hall–Kier alpha value is 0.320. The van der Waals surface area contributed by atoms with Gasteiger partial charge in [-0.1, -0.05) is 56.0 Å². The van der Waals surface area contributed by atoms with Crippen LogP contribution in [0.4, 0.5) is 0 Å². The van der Waals surface area contributed by atoms with Gasteiger partial charge in [0.2, 0.25) is 0 Å². The van der Waals surface area contributed by atoms with Gasteiger partial charge in [-0.25, -0.2) is 0 Å². The minimum absolute atomic E-state index is 0.0381. The largest absolute Gasteiger partial charge is 0.373 e. The van der Waals surface area contributed by atoms with Crippen LogP contribution >= 0.6 is 15.9 Å². The average Bonchev–Trinajstić information content (AvgIpc) is 2.52. The fourth-order valence-corrected chi connectivity index (χ4v) is 2.97. The van der Waals surface area contributed by atoms with Gasteiger partial charge in [0, 0.05) is 19.8 Å². The summed E-state index contributed by atoms with van der Waals surface area (Å²) in [7, 11) is 0. The number of rotatable bonds is 12. The molecule has 5 heteroatoms. The predicted octanol–water partition coefficient (Wildman–Crippen LogP) is 4.29. The van der Waals surface area contributed by atoms with E-state index in [1.54, 1.807) is 0 Å². The molecule has 1 aliphatic heterocycles. The van der Waals surface area contributed by atoms with Crippen LogP contribution in [0, 0.1) is 0 Å². The number of unbranched alkanes of at least 4 members (excludes halogenated alkanes) is 3. The second-order valence-corrected chi connectivity index (χ2v) is 6.73. The third kappa shape index (κ3) is 7.26. The van der Waals surface area contributed by atoms with E-state index in [-0.39, 0.29) is 23.3 Å². The highest BCUT2D eigenvalue weighted by molar-refractivity contribution is 9.09. The monoisotopic (exact) mass is 380 g/mol.